The van der Waals surface area contributed by atoms with E-state index < -0.39 is 28.5 Å². The first kappa shape index (κ1) is 16.6. The molecule has 5 nitrogen and oxygen atoms in total. The summed E-state index contributed by atoms with van der Waals surface area (Å²) in [6.07, 6.45) is 0. The highest BCUT2D eigenvalue weighted by molar-refractivity contribution is 7.89. The first-order chi connectivity index (χ1) is 9.34. The van der Waals surface area contributed by atoms with Crippen molar-refractivity contribution < 1.29 is 23.0 Å². The lowest BCUT2D eigenvalue weighted by Crippen LogP contribution is -2.37. The fraction of sp³-hybridized carbons (Fsp3) is 0.385. The van der Waals surface area contributed by atoms with Gasteiger partial charge in [-0.05, 0) is 25.1 Å². The van der Waals surface area contributed by atoms with Gasteiger partial charge in [-0.2, -0.15) is 4.31 Å². The third kappa shape index (κ3) is 3.55. The lowest BCUT2D eigenvalue weighted by Gasteiger charge is -2.22. The fourth-order valence-corrected chi connectivity index (χ4v) is 2.78. The van der Waals surface area contributed by atoms with Crippen LogP contribution >= 0.6 is 0 Å². The molecule has 0 aliphatic heterocycles. The van der Waals surface area contributed by atoms with Gasteiger partial charge in [-0.25, -0.2) is 12.8 Å². The molecule has 2 N–H and O–H groups in total. The van der Waals surface area contributed by atoms with Crippen molar-refractivity contribution in [2.45, 2.75) is 17.9 Å². The van der Waals surface area contributed by atoms with Crippen LogP contribution in [0.25, 0.3) is 0 Å². The molecular formula is C13H16FNO4S. The highest BCUT2D eigenvalue weighted by Gasteiger charge is 2.25. The van der Waals surface area contributed by atoms with E-state index in [0.717, 1.165) is 10.4 Å². The minimum absolute atomic E-state index is 0.0101. The molecule has 0 aromatic heterocycles. The van der Waals surface area contributed by atoms with Crippen molar-refractivity contribution >= 4 is 10.0 Å². The number of nitrogens with zero attached hydrogens (tertiary/aromatic N) is 1. The Bertz CT molecular complexity index is 634. The highest BCUT2D eigenvalue weighted by atomic mass is 32.2. The summed E-state index contributed by atoms with van der Waals surface area (Å²) >= 11 is 0. The topological polar surface area (TPSA) is 77.8 Å². The van der Waals surface area contributed by atoms with Crippen molar-refractivity contribution in [2.24, 2.45) is 0 Å². The van der Waals surface area contributed by atoms with Gasteiger partial charge < -0.3 is 10.2 Å². The summed E-state index contributed by atoms with van der Waals surface area (Å²) in [6.45, 7) is 0.795. The number of sulfonamides is 1. The zero-order valence-corrected chi connectivity index (χ0v) is 12.0. The van der Waals surface area contributed by atoms with E-state index >= 15 is 0 Å². The molecule has 1 aromatic rings. The van der Waals surface area contributed by atoms with Crippen molar-refractivity contribution in [3.05, 3.63) is 29.6 Å². The molecule has 0 heterocycles. The first-order valence-electron chi connectivity index (χ1n) is 5.82. The van der Waals surface area contributed by atoms with E-state index in [1.165, 1.54) is 26.1 Å². The van der Waals surface area contributed by atoms with E-state index in [1.54, 1.807) is 0 Å². The zero-order valence-electron chi connectivity index (χ0n) is 11.2. The first-order valence-corrected chi connectivity index (χ1v) is 7.26. The normalized spacial score (nSPS) is 12.9. The summed E-state index contributed by atoms with van der Waals surface area (Å²) in [6, 6.07) is 2.73. The van der Waals surface area contributed by atoms with Gasteiger partial charge in [0.05, 0.1) is 17.1 Å². The second kappa shape index (κ2) is 6.81. The van der Waals surface area contributed by atoms with Crippen molar-refractivity contribution in [1.29, 1.82) is 0 Å². The minimum Gasteiger partial charge on any atom is -0.395 e. The maximum Gasteiger partial charge on any atom is 0.243 e. The van der Waals surface area contributed by atoms with Gasteiger partial charge in [0.1, 0.15) is 12.4 Å². The summed E-state index contributed by atoms with van der Waals surface area (Å²) in [5, 5.41) is 17.5. The van der Waals surface area contributed by atoms with Gasteiger partial charge in [-0.15, -0.1) is 0 Å². The molecule has 0 radical (unpaired) electrons. The molecule has 7 heteroatoms. The Balaban J connectivity index is 3.18. The maximum atomic E-state index is 13.7. The Hall–Kier alpha value is -1.46. The van der Waals surface area contributed by atoms with Gasteiger partial charge in [0, 0.05) is 13.1 Å². The quantitative estimate of drug-likeness (QED) is 0.777. The molecule has 0 aliphatic rings. The molecule has 110 valence electrons. The van der Waals surface area contributed by atoms with Crippen LogP contribution in [0.3, 0.4) is 0 Å². The Kier molecular flexibility index (Phi) is 5.65. The van der Waals surface area contributed by atoms with Gasteiger partial charge in [0.25, 0.3) is 0 Å². The Morgan fingerprint density at radius 2 is 2.05 bits per heavy atom. The predicted octanol–water partition coefficient (Wildman–Crippen LogP) is 0.171. The van der Waals surface area contributed by atoms with E-state index in [9.17, 15) is 12.8 Å². The van der Waals surface area contributed by atoms with Crippen molar-refractivity contribution in [1.82, 2.24) is 4.31 Å². The standard InChI is InChI=1S/C13H16FNO4S/c1-10(9-17)15(2)20(18,19)12-6-5-11(4-3-7-16)13(14)8-12/h5-6,8,10,16-17H,7,9H2,1-2H3. The summed E-state index contributed by atoms with van der Waals surface area (Å²) in [4.78, 5) is -0.215. The molecule has 0 bridgehead atoms. The molecule has 0 fully saturated rings. The Labute approximate surface area is 117 Å². The Morgan fingerprint density at radius 1 is 1.40 bits per heavy atom. The SMILES string of the molecule is CC(CO)N(C)S(=O)(=O)c1ccc(C#CCO)c(F)c1. The third-order valence-electron chi connectivity index (χ3n) is 2.80. The van der Waals surface area contributed by atoms with E-state index in [-0.39, 0.29) is 17.1 Å². The number of likely N-dealkylation sites (N-methyl/N-ethyl adjacent to an activating group) is 1. The van der Waals surface area contributed by atoms with Gasteiger partial charge >= 0.3 is 0 Å². The van der Waals surface area contributed by atoms with Crippen LogP contribution in [0.15, 0.2) is 23.1 Å². The predicted molar refractivity (Wildman–Crippen MR) is 71.9 cm³/mol. The molecule has 1 unspecified atom stereocenters. The zero-order chi connectivity index (χ0) is 15.3. The smallest absolute Gasteiger partial charge is 0.243 e. The van der Waals surface area contributed by atoms with Crippen molar-refractivity contribution in [2.75, 3.05) is 20.3 Å². The van der Waals surface area contributed by atoms with Crippen LogP contribution in [0.5, 0.6) is 0 Å². The van der Waals surface area contributed by atoms with Crippen molar-refractivity contribution in [3.63, 3.8) is 0 Å². The second-order valence-corrected chi connectivity index (χ2v) is 6.15. The third-order valence-corrected chi connectivity index (χ3v) is 4.77. The average Bonchev–Trinajstić information content (AvgIpc) is 2.44. The lowest BCUT2D eigenvalue weighted by atomic mass is 10.2. The average molecular weight is 301 g/mol. The van der Waals surface area contributed by atoms with Crippen LogP contribution in [0.1, 0.15) is 12.5 Å². The largest absolute Gasteiger partial charge is 0.395 e. The number of aliphatic hydroxyl groups is 2. The van der Waals surface area contributed by atoms with E-state index in [0.29, 0.717) is 0 Å². The molecular weight excluding hydrogens is 285 g/mol. The molecule has 1 aromatic carbocycles. The number of rotatable bonds is 4. The monoisotopic (exact) mass is 301 g/mol. The summed E-state index contributed by atoms with van der Waals surface area (Å²) in [5.74, 6) is 3.89. The number of hydrogen-bond acceptors (Lipinski definition) is 4. The van der Waals surface area contributed by atoms with Crippen LogP contribution in [-0.4, -0.2) is 49.2 Å². The highest BCUT2D eigenvalue weighted by Crippen LogP contribution is 2.19. The van der Waals surface area contributed by atoms with Gasteiger partial charge in [0.15, 0.2) is 0 Å². The van der Waals surface area contributed by atoms with E-state index in [4.69, 9.17) is 10.2 Å². The number of halogens is 1. The number of aliphatic hydroxyl groups excluding tert-OH is 2. The molecule has 20 heavy (non-hydrogen) atoms. The minimum atomic E-state index is -3.87. The molecule has 0 saturated heterocycles. The molecule has 0 aliphatic carbocycles. The van der Waals surface area contributed by atoms with Crippen LogP contribution in [0, 0.1) is 17.7 Å². The van der Waals surface area contributed by atoms with Crippen LogP contribution in [-0.2, 0) is 10.0 Å². The maximum absolute atomic E-state index is 13.7. The summed E-state index contributed by atoms with van der Waals surface area (Å²) in [5.41, 5.74) is 0.0101. The van der Waals surface area contributed by atoms with Gasteiger partial charge in [-0.3, -0.25) is 0 Å². The molecule has 0 saturated carbocycles. The Morgan fingerprint density at radius 3 is 2.55 bits per heavy atom. The molecule has 0 spiro atoms. The second-order valence-electron chi connectivity index (χ2n) is 4.15. The molecule has 1 atom stereocenters. The fourth-order valence-electron chi connectivity index (χ4n) is 1.41. The van der Waals surface area contributed by atoms with Gasteiger partial charge in [0.2, 0.25) is 10.0 Å². The van der Waals surface area contributed by atoms with E-state index in [1.807, 2.05) is 0 Å². The van der Waals surface area contributed by atoms with Crippen LogP contribution < -0.4 is 0 Å². The number of benzene rings is 1. The van der Waals surface area contributed by atoms with Gasteiger partial charge in [-0.1, -0.05) is 11.8 Å². The van der Waals surface area contributed by atoms with E-state index in [2.05, 4.69) is 11.8 Å². The van der Waals surface area contributed by atoms with Crippen LogP contribution in [0.2, 0.25) is 0 Å². The molecule has 0 amide bonds. The lowest BCUT2D eigenvalue weighted by molar-refractivity contribution is 0.214. The summed E-state index contributed by atoms with van der Waals surface area (Å²) in [7, 11) is -2.56. The summed E-state index contributed by atoms with van der Waals surface area (Å²) < 4.78 is 39.1. The van der Waals surface area contributed by atoms with Crippen LogP contribution in [0.4, 0.5) is 4.39 Å². The molecule has 1 rings (SSSR count). The van der Waals surface area contributed by atoms with Crippen molar-refractivity contribution in [3.8, 4) is 11.8 Å². The number of hydrogen-bond donors (Lipinski definition) is 2.